The van der Waals surface area contributed by atoms with Crippen molar-refractivity contribution in [1.82, 2.24) is 10.6 Å². The highest BCUT2D eigenvalue weighted by Crippen LogP contribution is 2.38. The van der Waals surface area contributed by atoms with E-state index in [9.17, 15) is 23.1 Å². The van der Waals surface area contributed by atoms with E-state index < -0.39 is 24.4 Å². The number of aryl methyl sites for hydroxylation is 1. The minimum absolute atomic E-state index is 0.316. The molecule has 0 bridgehead atoms. The van der Waals surface area contributed by atoms with Gasteiger partial charge in [0, 0.05) is 6.54 Å². The van der Waals surface area contributed by atoms with E-state index >= 15 is 0 Å². The number of alkyl halides is 3. The van der Waals surface area contributed by atoms with Gasteiger partial charge in [-0.1, -0.05) is 60.7 Å². The molecule has 2 aromatic rings. The lowest BCUT2D eigenvalue weighted by molar-refractivity contribution is -0.263. The number of aliphatic hydroxyl groups is 1. The Hall–Kier alpha value is -2.54. The molecule has 26 heavy (non-hydrogen) atoms. The lowest BCUT2D eigenvalue weighted by Crippen LogP contribution is -2.52. The summed E-state index contributed by atoms with van der Waals surface area (Å²) in [5.41, 5.74) is -2.35. The third-order valence-corrected chi connectivity index (χ3v) is 4.00. The van der Waals surface area contributed by atoms with E-state index in [1.54, 1.807) is 6.07 Å². The van der Waals surface area contributed by atoms with Gasteiger partial charge < -0.3 is 15.7 Å². The first kappa shape index (κ1) is 19.8. The number of urea groups is 1. The molecule has 0 spiro atoms. The van der Waals surface area contributed by atoms with Crippen LogP contribution in [0.5, 0.6) is 0 Å². The Labute approximate surface area is 150 Å². The van der Waals surface area contributed by atoms with Gasteiger partial charge in [0.25, 0.3) is 0 Å². The van der Waals surface area contributed by atoms with Crippen molar-refractivity contribution in [2.75, 3.05) is 13.1 Å². The molecule has 0 heterocycles. The summed E-state index contributed by atoms with van der Waals surface area (Å²) in [5.74, 6) is 0. The summed E-state index contributed by atoms with van der Waals surface area (Å²) in [4.78, 5) is 11.8. The van der Waals surface area contributed by atoms with Crippen LogP contribution in [0.3, 0.4) is 0 Å². The molecule has 0 saturated carbocycles. The van der Waals surface area contributed by atoms with Crippen molar-refractivity contribution >= 4 is 6.03 Å². The van der Waals surface area contributed by atoms with Crippen LogP contribution in [0.1, 0.15) is 17.5 Å². The van der Waals surface area contributed by atoms with Crippen LogP contribution in [0.25, 0.3) is 0 Å². The van der Waals surface area contributed by atoms with Gasteiger partial charge >= 0.3 is 12.2 Å². The van der Waals surface area contributed by atoms with E-state index in [1.165, 1.54) is 24.3 Å². The van der Waals surface area contributed by atoms with E-state index in [2.05, 4.69) is 10.6 Å². The smallest absolute Gasteiger partial charge is 0.375 e. The first-order valence-electron chi connectivity index (χ1n) is 8.23. The Balaban J connectivity index is 1.84. The Morgan fingerprint density at radius 1 is 0.923 bits per heavy atom. The number of benzene rings is 2. The first-order valence-corrected chi connectivity index (χ1v) is 8.23. The molecule has 7 heteroatoms. The van der Waals surface area contributed by atoms with Gasteiger partial charge in [0.1, 0.15) is 0 Å². The van der Waals surface area contributed by atoms with Crippen molar-refractivity contribution in [3.8, 4) is 0 Å². The Morgan fingerprint density at radius 2 is 1.50 bits per heavy atom. The molecule has 0 aliphatic heterocycles. The maximum absolute atomic E-state index is 13.3. The van der Waals surface area contributed by atoms with E-state index in [4.69, 9.17) is 0 Å². The van der Waals surface area contributed by atoms with Crippen LogP contribution in [-0.2, 0) is 12.0 Å². The van der Waals surface area contributed by atoms with Crippen LogP contribution in [0.15, 0.2) is 60.7 Å². The largest absolute Gasteiger partial charge is 0.423 e. The summed E-state index contributed by atoms with van der Waals surface area (Å²) in [6, 6.07) is 15.6. The van der Waals surface area contributed by atoms with Crippen molar-refractivity contribution in [1.29, 1.82) is 0 Å². The molecular weight excluding hydrogens is 345 g/mol. The van der Waals surface area contributed by atoms with E-state index in [1.807, 2.05) is 30.3 Å². The zero-order valence-electron chi connectivity index (χ0n) is 14.1. The van der Waals surface area contributed by atoms with Crippen molar-refractivity contribution in [2.24, 2.45) is 0 Å². The Morgan fingerprint density at radius 3 is 2.08 bits per heavy atom. The molecule has 140 valence electrons. The molecule has 0 saturated heterocycles. The highest BCUT2D eigenvalue weighted by Gasteiger charge is 2.55. The number of halogens is 3. The van der Waals surface area contributed by atoms with Crippen molar-refractivity contribution in [2.45, 2.75) is 24.6 Å². The predicted octanol–water partition coefficient (Wildman–Crippen LogP) is 3.37. The maximum atomic E-state index is 13.3. The standard InChI is InChI=1S/C19H21F3N2O2/c20-19(21,22)18(26,16-11-5-2-6-12-16)14-24-17(25)23-13-7-10-15-8-3-1-4-9-15/h1-6,8-9,11-12,26H,7,10,13-14H2,(H2,23,24,25)/t18-/m0/s1. The molecule has 0 radical (unpaired) electrons. The Bertz CT molecular complexity index is 693. The fourth-order valence-corrected chi connectivity index (χ4v) is 2.49. The minimum atomic E-state index is -4.92. The molecule has 2 amide bonds. The van der Waals surface area contributed by atoms with E-state index in [0.717, 1.165) is 12.0 Å². The number of amides is 2. The third-order valence-electron chi connectivity index (χ3n) is 4.00. The minimum Gasteiger partial charge on any atom is -0.375 e. The second kappa shape index (κ2) is 8.71. The van der Waals surface area contributed by atoms with Gasteiger partial charge in [-0.25, -0.2) is 4.79 Å². The molecule has 1 atom stereocenters. The van der Waals surface area contributed by atoms with Gasteiger partial charge in [-0.3, -0.25) is 0 Å². The molecule has 0 fully saturated rings. The summed E-state index contributed by atoms with van der Waals surface area (Å²) >= 11 is 0. The summed E-state index contributed by atoms with van der Waals surface area (Å²) in [5, 5.41) is 14.7. The zero-order valence-corrected chi connectivity index (χ0v) is 14.1. The van der Waals surface area contributed by atoms with Crippen molar-refractivity contribution < 1.29 is 23.1 Å². The molecule has 2 aromatic carbocycles. The van der Waals surface area contributed by atoms with Gasteiger partial charge in [-0.05, 0) is 24.0 Å². The molecular formula is C19H21F3N2O2. The van der Waals surface area contributed by atoms with E-state index in [-0.39, 0.29) is 5.56 Å². The highest BCUT2D eigenvalue weighted by molar-refractivity contribution is 5.73. The number of rotatable bonds is 7. The number of nitrogens with one attached hydrogen (secondary N) is 2. The normalized spacial score (nSPS) is 13.7. The van der Waals surface area contributed by atoms with E-state index in [0.29, 0.717) is 13.0 Å². The second-order valence-electron chi connectivity index (χ2n) is 5.92. The van der Waals surface area contributed by atoms with Gasteiger partial charge in [0.15, 0.2) is 0 Å². The molecule has 0 aliphatic carbocycles. The monoisotopic (exact) mass is 366 g/mol. The number of hydrogen-bond donors (Lipinski definition) is 3. The molecule has 2 rings (SSSR count). The van der Waals surface area contributed by atoms with Crippen molar-refractivity contribution in [3.63, 3.8) is 0 Å². The summed E-state index contributed by atoms with van der Waals surface area (Å²) < 4.78 is 39.9. The van der Waals surface area contributed by atoms with Gasteiger partial charge in [0.05, 0.1) is 6.54 Å². The topological polar surface area (TPSA) is 61.4 Å². The molecule has 0 unspecified atom stereocenters. The van der Waals surface area contributed by atoms with Crippen LogP contribution in [-0.4, -0.2) is 30.4 Å². The Kier molecular flexibility index (Phi) is 6.63. The molecule has 3 N–H and O–H groups in total. The fourth-order valence-electron chi connectivity index (χ4n) is 2.49. The highest BCUT2D eigenvalue weighted by atomic mass is 19.4. The average Bonchev–Trinajstić information content (AvgIpc) is 2.64. The zero-order chi connectivity index (χ0) is 19.0. The van der Waals surface area contributed by atoms with Crippen molar-refractivity contribution in [3.05, 3.63) is 71.8 Å². The van der Waals surface area contributed by atoms with Crippen LogP contribution >= 0.6 is 0 Å². The number of carbonyl (C=O) groups is 1. The second-order valence-corrected chi connectivity index (χ2v) is 5.92. The third kappa shape index (κ3) is 5.23. The molecule has 4 nitrogen and oxygen atoms in total. The number of carbonyl (C=O) groups excluding carboxylic acids is 1. The van der Waals surface area contributed by atoms with Crippen LogP contribution in [0, 0.1) is 0 Å². The first-order chi connectivity index (χ1) is 12.3. The van der Waals surface area contributed by atoms with Gasteiger partial charge in [0.2, 0.25) is 5.60 Å². The van der Waals surface area contributed by atoms with Gasteiger partial charge in [-0.2, -0.15) is 13.2 Å². The average molecular weight is 366 g/mol. The molecule has 0 aromatic heterocycles. The fraction of sp³-hybridized carbons (Fsp3) is 0.316. The van der Waals surface area contributed by atoms with Crippen LogP contribution in [0.2, 0.25) is 0 Å². The summed E-state index contributed by atoms with van der Waals surface area (Å²) in [7, 11) is 0. The SMILES string of the molecule is O=C(NCCCc1ccccc1)NC[C@](O)(c1ccccc1)C(F)(F)F. The lowest BCUT2D eigenvalue weighted by atomic mass is 9.93. The predicted molar refractivity (Wildman–Crippen MR) is 92.6 cm³/mol. The van der Waals surface area contributed by atoms with Gasteiger partial charge in [-0.15, -0.1) is 0 Å². The summed E-state index contributed by atoms with van der Waals surface area (Å²) in [6.07, 6.45) is -3.52. The maximum Gasteiger partial charge on any atom is 0.423 e. The number of hydrogen-bond acceptors (Lipinski definition) is 2. The van der Waals surface area contributed by atoms with Crippen LogP contribution in [0.4, 0.5) is 18.0 Å². The summed E-state index contributed by atoms with van der Waals surface area (Å²) in [6.45, 7) is -0.651. The quantitative estimate of drug-likeness (QED) is 0.658. The van der Waals surface area contributed by atoms with Crippen LogP contribution < -0.4 is 10.6 Å². The molecule has 0 aliphatic rings. The lowest BCUT2D eigenvalue weighted by Gasteiger charge is -2.31.